The fourth-order valence-electron chi connectivity index (χ4n) is 6.96. The molecule has 0 aromatic heterocycles. The summed E-state index contributed by atoms with van der Waals surface area (Å²) in [5.74, 6) is 2.69. The molecule has 4 saturated carbocycles. The lowest BCUT2D eigenvalue weighted by molar-refractivity contribution is -0.0343. The number of methoxy groups -OCH3 is 2. The van der Waals surface area contributed by atoms with Crippen LogP contribution in [0, 0.1) is 18.8 Å². The number of urea groups is 1. The Morgan fingerprint density at radius 3 is 2.32 bits per heavy atom. The van der Waals surface area contributed by atoms with Gasteiger partial charge in [0, 0.05) is 11.6 Å². The molecule has 2 aromatic rings. The summed E-state index contributed by atoms with van der Waals surface area (Å²) in [5, 5.41) is 6.44. The maximum absolute atomic E-state index is 13.1. The lowest BCUT2D eigenvalue weighted by atomic mass is 9.45. The second kappa shape index (κ2) is 7.47. The molecule has 2 atom stereocenters. The molecule has 164 valence electrons. The third kappa shape index (κ3) is 3.64. The van der Waals surface area contributed by atoms with Crippen LogP contribution in [0.3, 0.4) is 0 Å². The quantitative estimate of drug-likeness (QED) is 0.679. The van der Waals surface area contributed by atoms with Crippen LogP contribution < -0.4 is 20.1 Å². The van der Waals surface area contributed by atoms with Crippen LogP contribution in [0.15, 0.2) is 42.5 Å². The van der Waals surface area contributed by atoms with Crippen molar-refractivity contribution in [3.63, 3.8) is 0 Å². The molecule has 0 spiro atoms. The predicted molar refractivity (Wildman–Crippen MR) is 122 cm³/mol. The van der Waals surface area contributed by atoms with Gasteiger partial charge in [0.1, 0.15) is 11.5 Å². The van der Waals surface area contributed by atoms with E-state index in [1.54, 1.807) is 20.3 Å². The van der Waals surface area contributed by atoms with Gasteiger partial charge in [-0.25, -0.2) is 4.79 Å². The zero-order chi connectivity index (χ0) is 21.6. The van der Waals surface area contributed by atoms with Crippen LogP contribution in [0.2, 0.25) is 0 Å². The van der Waals surface area contributed by atoms with Gasteiger partial charge in [0.2, 0.25) is 0 Å². The minimum absolute atomic E-state index is 0.134. The number of benzene rings is 2. The molecule has 0 saturated heterocycles. The average molecular weight is 421 g/mol. The molecule has 0 heterocycles. The van der Waals surface area contributed by atoms with E-state index in [-0.39, 0.29) is 17.0 Å². The Kier molecular flexibility index (Phi) is 4.87. The molecular formula is C26H32N2O3. The molecule has 4 bridgehead atoms. The highest BCUT2D eigenvalue weighted by Gasteiger charge is 2.58. The number of carbonyl (C=O) groups excluding carboxylic acids is 1. The summed E-state index contributed by atoms with van der Waals surface area (Å²) in [7, 11) is 3.22. The van der Waals surface area contributed by atoms with Crippen LogP contribution in [0.25, 0.3) is 0 Å². The number of rotatable bonds is 5. The summed E-state index contributed by atoms with van der Waals surface area (Å²) in [4.78, 5) is 13.1. The largest absolute Gasteiger partial charge is 0.497 e. The van der Waals surface area contributed by atoms with E-state index in [2.05, 4.69) is 41.8 Å². The molecule has 4 aliphatic rings. The van der Waals surface area contributed by atoms with Gasteiger partial charge in [-0.15, -0.1) is 0 Å². The maximum Gasteiger partial charge on any atom is 0.319 e. The first-order valence-corrected chi connectivity index (χ1v) is 11.3. The van der Waals surface area contributed by atoms with Crippen LogP contribution in [-0.2, 0) is 5.41 Å². The van der Waals surface area contributed by atoms with Crippen LogP contribution in [0.1, 0.15) is 49.7 Å². The Bertz CT molecular complexity index is 971. The van der Waals surface area contributed by atoms with Gasteiger partial charge in [-0.3, -0.25) is 0 Å². The van der Waals surface area contributed by atoms with Gasteiger partial charge in [-0.1, -0.05) is 29.8 Å². The number of anilines is 1. The number of ether oxygens (including phenoxy) is 2. The van der Waals surface area contributed by atoms with Crippen molar-refractivity contribution in [2.45, 2.75) is 56.4 Å². The SMILES string of the molecule is COc1ccc(OC)c(NC(=O)NC23C[C@H]4C[C@H](C2)CC(c2ccc(C)cc2)(C4)C3)c1. The van der Waals surface area contributed by atoms with E-state index in [0.29, 0.717) is 29.0 Å². The van der Waals surface area contributed by atoms with E-state index >= 15 is 0 Å². The fourth-order valence-corrected chi connectivity index (χ4v) is 6.96. The second-order valence-electron chi connectivity index (χ2n) is 10.0. The lowest BCUT2D eigenvalue weighted by Gasteiger charge is -2.62. The van der Waals surface area contributed by atoms with Gasteiger partial charge in [0.15, 0.2) is 0 Å². The highest BCUT2D eigenvalue weighted by Crippen LogP contribution is 2.62. The van der Waals surface area contributed by atoms with Gasteiger partial charge < -0.3 is 20.1 Å². The minimum atomic E-state index is -0.160. The molecule has 4 fully saturated rings. The fraction of sp³-hybridized carbons (Fsp3) is 0.500. The molecule has 2 N–H and O–H groups in total. The normalized spacial score (nSPS) is 30.7. The molecule has 2 aromatic carbocycles. The van der Waals surface area contributed by atoms with Crippen molar-refractivity contribution in [3.8, 4) is 11.5 Å². The Morgan fingerprint density at radius 1 is 0.968 bits per heavy atom. The summed E-state index contributed by atoms with van der Waals surface area (Å²) in [6.45, 7) is 2.14. The van der Waals surface area contributed by atoms with Gasteiger partial charge >= 0.3 is 6.03 Å². The molecule has 0 unspecified atom stereocenters. The summed E-state index contributed by atoms with van der Waals surface area (Å²) >= 11 is 0. The Labute approximate surface area is 184 Å². The third-order valence-corrected chi connectivity index (χ3v) is 7.76. The number of hydrogen-bond donors (Lipinski definition) is 2. The zero-order valence-electron chi connectivity index (χ0n) is 18.7. The Balaban J connectivity index is 1.38. The number of amides is 2. The second-order valence-corrected chi connectivity index (χ2v) is 10.0. The van der Waals surface area contributed by atoms with Crippen molar-refractivity contribution in [1.29, 1.82) is 0 Å². The van der Waals surface area contributed by atoms with Gasteiger partial charge in [-0.05, 0) is 80.4 Å². The van der Waals surface area contributed by atoms with Gasteiger partial charge in [0.25, 0.3) is 0 Å². The van der Waals surface area contributed by atoms with Crippen molar-refractivity contribution in [1.82, 2.24) is 5.32 Å². The summed E-state index contributed by atoms with van der Waals surface area (Å²) in [5.41, 5.74) is 3.43. The van der Waals surface area contributed by atoms with Crippen LogP contribution in [0.5, 0.6) is 11.5 Å². The molecule has 4 aliphatic carbocycles. The molecule has 31 heavy (non-hydrogen) atoms. The molecular weight excluding hydrogens is 388 g/mol. The van der Waals surface area contributed by atoms with Crippen molar-refractivity contribution < 1.29 is 14.3 Å². The molecule has 6 rings (SSSR count). The van der Waals surface area contributed by atoms with Gasteiger partial charge in [-0.2, -0.15) is 0 Å². The lowest BCUT2D eigenvalue weighted by Crippen LogP contribution is -2.64. The summed E-state index contributed by atoms with van der Waals surface area (Å²) in [6.07, 6.45) is 7.00. The van der Waals surface area contributed by atoms with E-state index in [1.807, 2.05) is 12.1 Å². The topological polar surface area (TPSA) is 59.6 Å². The summed E-state index contributed by atoms with van der Waals surface area (Å²) in [6, 6.07) is 14.4. The monoisotopic (exact) mass is 420 g/mol. The first-order chi connectivity index (χ1) is 14.9. The highest BCUT2D eigenvalue weighted by atomic mass is 16.5. The highest BCUT2D eigenvalue weighted by molar-refractivity contribution is 5.91. The van der Waals surface area contributed by atoms with E-state index in [1.165, 1.54) is 30.4 Å². The molecule has 5 nitrogen and oxygen atoms in total. The third-order valence-electron chi connectivity index (χ3n) is 7.76. The maximum atomic E-state index is 13.1. The summed E-state index contributed by atoms with van der Waals surface area (Å²) < 4.78 is 10.7. The number of aryl methyl sites for hydroxylation is 1. The van der Waals surface area contributed by atoms with Crippen LogP contribution >= 0.6 is 0 Å². The molecule has 2 amide bonds. The van der Waals surface area contributed by atoms with Crippen molar-refractivity contribution >= 4 is 11.7 Å². The first-order valence-electron chi connectivity index (χ1n) is 11.3. The standard InChI is InChI=1S/C26H32N2O3/c1-17-4-6-20(7-5-17)25-12-18-10-19(13-25)15-26(14-18,16-25)28-24(29)27-22-11-21(30-2)8-9-23(22)31-3/h4-9,11,18-19H,10,12-16H2,1-3H3,(H2,27,28,29)/t18-,19-,25?,26?/m0/s1. The van der Waals surface area contributed by atoms with E-state index in [9.17, 15) is 4.79 Å². The number of carbonyl (C=O) groups is 1. The van der Waals surface area contributed by atoms with E-state index in [4.69, 9.17) is 9.47 Å². The average Bonchev–Trinajstić information content (AvgIpc) is 2.72. The number of nitrogens with one attached hydrogen (secondary N) is 2. The number of hydrogen-bond acceptors (Lipinski definition) is 3. The van der Waals surface area contributed by atoms with E-state index < -0.39 is 0 Å². The molecule has 5 heteroatoms. The minimum Gasteiger partial charge on any atom is -0.497 e. The molecule has 0 aliphatic heterocycles. The smallest absolute Gasteiger partial charge is 0.319 e. The Hall–Kier alpha value is -2.69. The Morgan fingerprint density at radius 2 is 1.68 bits per heavy atom. The van der Waals surface area contributed by atoms with E-state index in [0.717, 1.165) is 19.3 Å². The predicted octanol–water partition coefficient (Wildman–Crippen LogP) is 5.42. The molecule has 0 radical (unpaired) electrons. The first kappa shape index (κ1) is 20.2. The van der Waals surface area contributed by atoms with Gasteiger partial charge in [0.05, 0.1) is 19.9 Å². The van der Waals surface area contributed by atoms with Crippen LogP contribution in [0.4, 0.5) is 10.5 Å². The van der Waals surface area contributed by atoms with Crippen LogP contribution in [-0.4, -0.2) is 25.8 Å². The van der Waals surface area contributed by atoms with Crippen molar-refractivity contribution in [3.05, 3.63) is 53.6 Å². The zero-order valence-corrected chi connectivity index (χ0v) is 18.7. The van der Waals surface area contributed by atoms with Crippen molar-refractivity contribution in [2.75, 3.05) is 19.5 Å². The van der Waals surface area contributed by atoms with Crippen molar-refractivity contribution in [2.24, 2.45) is 11.8 Å².